The maximum Gasteiger partial charge on any atom is 0.113 e. The van der Waals surface area contributed by atoms with Gasteiger partial charge in [-0.25, -0.2) is 35.1 Å². The molecule has 0 aromatic heterocycles. The Bertz CT molecular complexity index is 1550. The van der Waals surface area contributed by atoms with Crippen LogP contribution in [-0.4, -0.2) is 45.4 Å². The Labute approximate surface area is 592 Å². The summed E-state index contributed by atoms with van der Waals surface area (Å²) in [6, 6.07) is 0. The molecule has 584 valence electrons. The first-order valence-electron chi connectivity index (χ1n) is 39.4. The number of hydrogen-bond donors (Lipinski definition) is 0. The van der Waals surface area contributed by atoms with Gasteiger partial charge in [-0.1, -0.05) is 301 Å². The maximum atomic E-state index is 14.0. The van der Waals surface area contributed by atoms with Crippen LogP contribution < -0.4 is 0 Å². The van der Waals surface area contributed by atoms with Crippen LogP contribution in [-0.2, 0) is 0 Å². The van der Waals surface area contributed by atoms with Crippen LogP contribution in [0.1, 0.15) is 440 Å². The molecule has 6 atom stereocenters. The molecular formula is C86H184F8. The lowest BCUT2D eigenvalue weighted by Crippen LogP contribution is -2.38. The van der Waals surface area contributed by atoms with Gasteiger partial charge in [0.25, 0.3) is 0 Å². The van der Waals surface area contributed by atoms with Crippen LogP contribution in [0.2, 0.25) is 0 Å². The molecule has 0 radical (unpaired) electrons. The highest BCUT2D eigenvalue weighted by Crippen LogP contribution is 2.45. The van der Waals surface area contributed by atoms with Gasteiger partial charge < -0.3 is 0 Å². The summed E-state index contributed by atoms with van der Waals surface area (Å²) in [4.78, 5) is 0. The number of hydrogen-bond acceptors (Lipinski definition) is 0. The summed E-state index contributed by atoms with van der Waals surface area (Å²) in [7, 11) is 0. The van der Waals surface area contributed by atoms with E-state index in [4.69, 9.17) is 0 Å². The zero-order valence-electron chi connectivity index (χ0n) is 73.4. The predicted octanol–water partition coefficient (Wildman–Crippen LogP) is 33.7. The number of alkyl halides is 8. The molecule has 0 rings (SSSR count). The minimum Gasteiger partial charge on any atom is -0.244 e. The van der Waals surface area contributed by atoms with Crippen LogP contribution in [0.4, 0.5) is 35.1 Å². The van der Waals surface area contributed by atoms with Crippen LogP contribution in [0, 0.1) is 74.9 Å². The molecule has 0 heterocycles. The zero-order chi connectivity index (χ0) is 78.3. The smallest absolute Gasteiger partial charge is 0.113 e. The highest BCUT2D eigenvalue weighted by Gasteiger charge is 2.41. The summed E-state index contributed by atoms with van der Waals surface area (Å²) in [5, 5.41) is 0. The molecule has 0 saturated carbocycles. The third kappa shape index (κ3) is 56.1. The second-order valence-corrected chi connectivity index (χ2v) is 34.5. The molecule has 0 bridgehead atoms. The normalized spacial score (nSPS) is 16.0. The molecule has 0 aromatic rings. The van der Waals surface area contributed by atoms with Gasteiger partial charge in [0.1, 0.15) is 45.4 Å². The summed E-state index contributed by atoms with van der Waals surface area (Å²) < 4.78 is 106. The topological polar surface area (TPSA) is 0 Å². The molecule has 0 saturated heterocycles. The number of rotatable bonds is 29. The first-order valence-corrected chi connectivity index (χ1v) is 39.4. The van der Waals surface area contributed by atoms with E-state index in [1.165, 1.54) is 25.7 Å². The fourth-order valence-electron chi connectivity index (χ4n) is 12.5. The predicted molar refractivity (Wildman–Crippen MR) is 420 cm³/mol. The molecule has 0 nitrogen and oxygen atoms in total. The monoisotopic (exact) mass is 1370 g/mol. The average molecular weight is 1370 g/mol. The van der Waals surface area contributed by atoms with Gasteiger partial charge in [0, 0.05) is 5.41 Å². The molecule has 0 N–H and O–H groups in total. The lowest BCUT2D eigenvalue weighted by molar-refractivity contribution is 0.00941. The molecule has 0 aliphatic carbocycles. The van der Waals surface area contributed by atoms with Gasteiger partial charge in [-0.05, 0) is 209 Å². The van der Waals surface area contributed by atoms with Crippen LogP contribution in [0.15, 0.2) is 0 Å². The third-order valence-electron chi connectivity index (χ3n) is 23.0. The Morgan fingerprint density at radius 2 is 0.511 bits per heavy atom. The lowest BCUT2D eigenvalue weighted by Gasteiger charge is -2.40. The average Bonchev–Trinajstić information content (AvgIpc) is 0.894. The van der Waals surface area contributed by atoms with Gasteiger partial charge in [-0.2, -0.15) is 0 Å². The van der Waals surface area contributed by atoms with Crippen molar-refractivity contribution in [2.75, 3.05) is 0 Å². The van der Waals surface area contributed by atoms with E-state index < -0.39 is 45.4 Å². The van der Waals surface area contributed by atoms with Gasteiger partial charge >= 0.3 is 0 Å². The van der Waals surface area contributed by atoms with Crippen molar-refractivity contribution in [1.82, 2.24) is 0 Å². The highest BCUT2D eigenvalue weighted by atomic mass is 19.2. The lowest BCUT2D eigenvalue weighted by atomic mass is 9.65. The molecule has 0 aliphatic heterocycles. The molecular weight excluding hydrogens is 1180 g/mol. The van der Waals surface area contributed by atoms with Gasteiger partial charge in [0.05, 0.1) is 0 Å². The molecule has 0 unspecified atom stereocenters. The molecule has 94 heavy (non-hydrogen) atoms. The Balaban J connectivity index is -0.000000105. The Morgan fingerprint density at radius 3 is 0.553 bits per heavy atom. The first kappa shape index (κ1) is 115. The van der Waals surface area contributed by atoms with Gasteiger partial charge in [0.15, 0.2) is 0 Å². The van der Waals surface area contributed by atoms with Crippen molar-refractivity contribution in [2.24, 2.45) is 74.9 Å². The van der Waals surface area contributed by atoms with Gasteiger partial charge in [0.2, 0.25) is 0 Å². The Morgan fingerprint density at radius 1 is 0.255 bits per heavy atom. The fraction of sp³-hybridized carbons (Fsp3) is 1.00. The summed E-state index contributed by atoms with van der Waals surface area (Å²) in [5.41, 5.74) is -6.32. The highest BCUT2D eigenvalue weighted by molar-refractivity contribution is 4.91. The van der Waals surface area contributed by atoms with E-state index in [2.05, 4.69) is 159 Å². The number of halogens is 8. The molecule has 0 fully saturated rings. The standard InChI is InChI=1S/C11H23F.2C10H21F.C10H22.C9H19F.C9H20.3C7H15F.C6H13F/c1-7-11(6,12)10(8(2)3)9(4)5;1-7(2)9(8(3)4)10(5,6)11;1-6-9(4,7-2)10(5,11)8-3;1-7-10(6,8-2)9(3,4)5;1-5-8(6-2)9(4,10)7-3;1-6-8(7-2)9(3,4)5;1-5-7(4,8)6(2)3;2*1-4-6-7(3,8)5-2;1-4-6(3,7)5-2/h8-10H,7H2,1-6H3;7-9H,1-6H3;6-8H2,1-5H3;7-8H2,1-6H3;8H,5-7H2,1-4H3;8H,6-7H2,1-5H3;6H,5H2,1-4H3;2*4-6H2,1-3H3;4-5H2,1-3H3/t11-;;10-;;9-;;3*7-;/m0.0.0.000./s1. The fourth-order valence-corrected chi connectivity index (χ4v) is 12.5. The van der Waals surface area contributed by atoms with Gasteiger partial charge in [-0.3, -0.25) is 0 Å². The molecule has 0 spiro atoms. The van der Waals surface area contributed by atoms with Crippen molar-refractivity contribution in [3.8, 4) is 0 Å². The van der Waals surface area contributed by atoms with Crippen molar-refractivity contribution >= 4 is 0 Å². The summed E-state index contributed by atoms with van der Waals surface area (Å²) in [6.45, 7) is 90.7. The van der Waals surface area contributed by atoms with Crippen molar-refractivity contribution in [2.45, 2.75) is 485 Å². The van der Waals surface area contributed by atoms with Gasteiger partial charge in [-0.15, -0.1) is 0 Å². The van der Waals surface area contributed by atoms with Crippen LogP contribution in [0.5, 0.6) is 0 Å². The largest absolute Gasteiger partial charge is 0.244 e. The van der Waals surface area contributed by atoms with E-state index in [0.29, 0.717) is 104 Å². The molecule has 8 heteroatoms. The third-order valence-corrected chi connectivity index (χ3v) is 23.0. The first-order chi connectivity index (χ1) is 41.9. The quantitative estimate of drug-likeness (QED) is 0.0655. The minimum absolute atomic E-state index is 0.137. The van der Waals surface area contributed by atoms with E-state index in [0.717, 1.165) is 44.4 Å². The second kappa shape index (κ2) is 55.1. The summed E-state index contributed by atoms with van der Waals surface area (Å²) in [5.74, 6) is 3.36. The second-order valence-electron chi connectivity index (χ2n) is 34.5. The summed E-state index contributed by atoms with van der Waals surface area (Å²) >= 11 is 0. The van der Waals surface area contributed by atoms with Crippen LogP contribution in [0.3, 0.4) is 0 Å². The minimum atomic E-state index is -1.04. The van der Waals surface area contributed by atoms with E-state index in [1.807, 2.05) is 90.0 Å². The summed E-state index contributed by atoms with van der Waals surface area (Å²) in [6.07, 6.45) is 17.3. The van der Waals surface area contributed by atoms with Crippen molar-refractivity contribution < 1.29 is 35.1 Å². The maximum absolute atomic E-state index is 14.0. The van der Waals surface area contributed by atoms with Crippen molar-refractivity contribution in [3.05, 3.63) is 0 Å². The Kier molecular flexibility index (Phi) is 67.2. The Hall–Kier alpha value is -0.560. The van der Waals surface area contributed by atoms with E-state index in [-0.39, 0.29) is 29.1 Å². The SMILES string of the molecule is CC(C)C(C(C)C)C(C)(C)F.CCC(C)(CC)C(C)(C)C.CCC(C)(CC)[C@@](C)(F)CC.CCC(C)(F)CC.CCC(CC)C(C)(C)C.CCC(CC)[C@@](C)(F)CC.CCC[C@@](C)(F)CC.CCC[C@@](C)(F)CC.CC[C@](C)(F)C(C(C)C)C(C)C.CC[C@](C)(F)C(C)C. The van der Waals surface area contributed by atoms with E-state index >= 15 is 0 Å². The van der Waals surface area contributed by atoms with Crippen LogP contribution >= 0.6 is 0 Å². The molecule has 0 aromatic carbocycles. The van der Waals surface area contributed by atoms with E-state index in [9.17, 15) is 35.1 Å². The van der Waals surface area contributed by atoms with Crippen molar-refractivity contribution in [1.29, 1.82) is 0 Å². The van der Waals surface area contributed by atoms with E-state index in [1.54, 1.807) is 62.3 Å². The zero-order valence-corrected chi connectivity index (χ0v) is 73.4. The van der Waals surface area contributed by atoms with Crippen LogP contribution in [0.25, 0.3) is 0 Å². The van der Waals surface area contributed by atoms with Crippen molar-refractivity contribution in [3.63, 3.8) is 0 Å². The molecule has 0 aliphatic rings. The molecule has 0 amide bonds.